The Bertz CT molecular complexity index is 3450. The Morgan fingerprint density at radius 2 is 0.887 bits per heavy atom. The summed E-state index contributed by atoms with van der Waals surface area (Å²) in [6.07, 6.45) is 0. The molecule has 62 heavy (non-hydrogen) atoms. The quantitative estimate of drug-likeness (QED) is 0.173. The first-order valence-electron chi connectivity index (χ1n) is 21.7. The van der Waals surface area contributed by atoms with Gasteiger partial charge in [0.15, 0.2) is 5.82 Å². The van der Waals surface area contributed by atoms with Gasteiger partial charge in [-0.2, -0.15) is 0 Å². The topological polar surface area (TPSA) is 25.8 Å². The molecule has 1 aromatic heterocycles. The molecule has 0 atom stereocenters. The predicted octanol–water partition coefficient (Wildman–Crippen LogP) is 15.7. The van der Waals surface area contributed by atoms with E-state index in [1.165, 1.54) is 82.7 Å². The van der Waals surface area contributed by atoms with E-state index in [1.807, 2.05) is 6.07 Å². The summed E-state index contributed by atoms with van der Waals surface area (Å²) < 4.78 is 0. The molecule has 0 saturated carbocycles. The first kappa shape index (κ1) is 36.4. The Morgan fingerprint density at radius 1 is 0.306 bits per heavy atom. The van der Waals surface area contributed by atoms with E-state index in [1.54, 1.807) is 0 Å². The Morgan fingerprint density at radius 3 is 1.68 bits per heavy atom. The maximum absolute atomic E-state index is 5.35. The highest BCUT2D eigenvalue weighted by Gasteiger charge is 2.38. The molecular weight excluding hydrogens is 749 g/mol. The summed E-state index contributed by atoms with van der Waals surface area (Å²) in [5, 5.41) is 5.11. The fourth-order valence-electron chi connectivity index (χ4n) is 10.7. The second-order valence-corrected chi connectivity index (χ2v) is 18.1. The van der Waals surface area contributed by atoms with Crippen molar-refractivity contribution in [2.24, 2.45) is 0 Å². The first-order valence-corrected chi connectivity index (χ1v) is 21.7. The summed E-state index contributed by atoms with van der Waals surface area (Å²) >= 11 is 0. The van der Waals surface area contributed by atoms with Crippen molar-refractivity contribution >= 4 is 21.5 Å². The van der Waals surface area contributed by atoms with Crippen molar-refractivity contribution < 1.29 is 0 Å². The molecule has 0 amide bonds. The highest BCUT2D eigenvalue weighted by Crippen LogP contribution is 2.55. The van der Waals surface area contributed by atoms with Gasteiger partial charge in [-0.25, -0.2) is 9.97 Å². The molecule has 2 aliphatic rings. The van der Waals surface area contributed by atoms with Crippen molar-refractivity contribution in [1.29, 1.82) is 0 Å². The molecule has 0 saturated heterocycles. The van der Waals surface area contributed by atoms with Crippen LogP contribution in [0.2, 0.25) is 0 Å². The van der Waals surface area contributed by atoms with Gasteiger partial charge in [0.25, 0.3) is 0 Å². The number of benzene rings is 9. The summed E-state index contributed by atoms with van der Waals surface area (Å²) in [6.45, 7) is 9.45. The zero-order valence-corrected chi connectivity index (χ0v) is 35.4. The molecule has 0 spiro atoms. The average molecular weight is 793 g/mol. The van der Waals surface area contributed by atoms with Gasteiger partial charge in [0.2, 0.25) is 0 Å². The van der Waals surface area contributed by atoms with Crippen LogP contribution in [0.3, 0.4) is 0 Å². The van der Waals surface area contributed by atoms with Gasteiger partial charge in [-0.3, -0.25) is 0 Å². The maximum Gasteiger partial charge on any atom is 0.160 e. The first-order chi connectivity index (χ1) is 30.3. The van der Waals surface area contributed by atoms with Crippen LogP contribution in [0, 0.1) is 0 Å². The zero-order valence-electron chi connectivity index (χ0n) is 35.4. The predicted molar refractivity (Wildman–Crippen MR) is 259 cm³/mol. The zero-order chi connectivity index (χ0) is 41.7. The standard InChI is InChI=1S/C60H44N2/c1-59(2)50-27-15-14-25-47(50)56-45-24-13-11-22-43(45)48(35-53(56)59)37-29-31-38(32-30-37)54-36-55(62-58(61-54)39-17-6-5-7-18-39)44-23-12-10-21-42(44)46-26-16-28-51-57(46)49-33-40-19-8-9-20-41(40)34-52(49)60(51,3)4/h5-36H,1-4H3. The molecule has 12 rings (SSSR count). The lowest BCUT2D eigenvalue weighted by atomic mass is 9.80. The number of hydrogen-bond acceptors (Lipinski definition) is 2. The van der Waals surface area contributed by atoms with E-state index in [0.29, 0.717) is 5.82 Å². The minimum atomic E-state index is -0.137. The Labute approximate surface area is 363 Å². The third kappa shape index (κ3) is 5.43. The van der Waals surface area contributed by atoms with Gasteiger partial charge in [0.1, 0.15) is 0 Å². The second kappa shape index (κ2) is 13.5. The number of fused-ring (bicyclic) bond motifs is 9. The van der Waals surface area contributed by atoms with Crippen molar-refractivity contribution in [2.45, 2.75) is 38.5 Å². The summed E-state index contributed by atoms with van der Waals surface area (Å²) in [4.78, 5) is 10.6. The number of hydrogen-bond donors (Lipinski definition) is 0. The van der Waals surface area contributed by atoms with E-state index in [-0.39, 0.29) is 10.8 Å². The van der Waals surface area contributed by atoms with Gasteiger partial charge < -0.3 is 0 Å². The number of aromatic nitrogens is 2. The molecule has 0 bridgehead atoms. The summed E-state index contributed by atoms with van der Waals surface area (Å²) in [7, 11) is 0. The van der Waals surface area contributed by atoms with Crippen LogP contribution in [0.1, 0.15) is 49.9 Å². The molecule has 9 aromatic carbocycles. The van der Waals surface area contributed by atoms with Gasteiger partial charge in [-0.15, -0.1) is 0 Å². The summed E-state index contributed by atoms with van der Waals surface area (Å²) in [5.41, 5.74) is 20.3. The van der Waals surface area contributed by atoms with Crippen molar-refractivity contribution in [3.05, 3.63) is 216 Å². The van der Waals surface area contributed by atoms with Gasteiger partial charge in [-0.05, 0) is 113 Å². The normalized spacial score (nSPS) is 14.1. The molecule has 0 unspecified atom stereocenters. The van der Waals surface area contributed by atoms with Crippen LogP contribution in [0.4, 0.5) is 0 Å². The lowest BCUT2D eigenvalue weighted by Gasteiger charge is -2.23. The molecular formula is C60H44N2. The largest absolute Gasteiger partial charge is 0.228 e. The maximum atomic E-state index is 5.35. The van der Waals surface area contributed by atoms with Gasteiger partial charge in [-0.1, -0.05) is 198 Å². The molecule has 10 aromatic rings. The Kier molecular flexibility index (Phi) is 7.96. The van der Waals surface area contributed by atoms with E-state index >= 15 is 0 Å². The van der Waals surface area contributed by atoms with Gasteiger partial charge in [0.05, 0.1) is 11.4 Å². The summed E-state index contributed by atoms with van der Waals surface area (Å²) in [6, 6.07) is 71.0. The van der Waals surface area contributed by atoms with E-state index in [4.69, 9.17) is 9.97 Å². The Balaban J connectivity index is 1.00. The van der Waals surface area contributed by atoms with E-state index in [9.17, 15) is 0 Å². The molecule has 1 heterocycles. The fourth-order valence-corrected chi connectivity index (χ4v) is 10.7. The van der Waals surface area contributed by atoms with E-state index in [0.717, 1.165) is 33.6 Å². The SMILES string of the molecule is CC1(C)c2cc3ccccc3cc2-c2c(-c3ccccc3-c3cc(-c4ccc(-c5cc6c(c7ccccc57)-c5ccccc5C6(C)C)cc4)nc(-c4ccccc4)n3)cccc21. The number of nitrogens with zero attached hydrogens (tertiary/aromatic N) is 2. The van der Waals surface area contributed by atoms with Crippen LogP contribution in [-0.4, -0.2) is 9.97 Å². The number of rotatable bonds is 5. The van der Waals surface area contributed by atoms with Crippen LogP contribution in [0.5, 0.6) is 0 Å². The highest BCUT2D eigenvalue weighted by molar-refractivity contribution is 6.09. The third-order valence-electron chi connectivity index (χ3n) is 13.9. The van der Waals surface area contributed by atoms with Crippen LogP contribution in [0.15, 0.2) is 194 Å². The van der Waals surface area contributed by atoms with E-state index in [2.05, 4.69) is 216 Å². The van der Waals surface area contributed by atoms with Crippen molar-refractivity contribution in [3.8, 4) is 78.4 Å². The molecule has 0 N–H and O–H groups in total. The third-order valence-corrected chi connectivity index (χ3v) is 13.9. The van der Waals surface area contributed by atoms with Gasteiger partial charge >= 0.3 is 0 Å². The monoisotopic (exact) mass is 792 g/mol. The lowest BCUT2D eigenvalue weighted by molar-refractivity contribution is 0.661. The Hall–Kier alpha value is -7.42. The molecule has 2 aliphatic carbocycles. The molecule has 2 heteroatoms. The van der Waals surface area contributed by atoms with Crippen LogP contribution >= 0.6 is 0 Å². The van der Waals surface area contributed by atoms with Crippen LogP contribution in [-0.2, 0) is 10.8 Å². The molecule has 0 aliphatic heterocycles. The minimum Gasteiger partial charge on any atom is -0.228 e. The van der Waals surface area contributed by atoms with Crippen LogP contribution in [0.25, 0.3) is 100.0 Å². The van der Waals surface area contributed by atoms with Crippen LogP contribution < -0.4 is 0 Å². The van der Waals surface area contributed by atoms with Crippen molar-refractivity contribution in [2.75, 3.05) is 0 Å². The van der Waals surface area contributed by atoms with Crippen molar-refractivity contribution in [1.82, 2.24) is 9.97 Å². The smallest absolute Gasteiger partial charge is 0.160 e. The lowest BCUT2D eigenvalue weighted by Crippen LogP contribution is -2.15. The summed E-state index contributed by atoms with van der Waals surface area (Å²) in [5.74, 6) is 0.708. The minimum absolute atomic E-state index is 0.0973. The molecule has 294 valence electrons. The molecule has 0 radical (unpaired) electrons. The van der Waals surface area contributed by atoms with E-state index < -0.39 is 0 Å². The average Bonchev–Trinajstić information content (AvgIpc) is 3.69. The molecule has 0 fully saturated rings. The highest BCUT2D eigenvalue weighted by atomic mass is 14.9. The van der Waals surface area contributed by atoms with Gasteiger partial charge in [0, 0.05) is 27.5 Å². The molecule has 2 nitrogen and oxygen atoms in total. The van der Waals surface area contributed by atoms with Crippen molar-refractivity contribution in [3.63, 3.8) is 0 Å². The fraction of sp³-hybridized carbons (Fsp3) is 0.100. The second-order valence-electron chi connectivity index (χ2n) is 18.1.